The van der Waals surface area contributed by atoms with Crippen LogP contribution in [0, 0.1) is 23.7 Å². The van der Waals surface area contributed by atoms with Crippen LogP contribution in [-0.2, 0) is 4.79 Å². The lowest BCUT2D eigenvalue weighted by atomic mass is 9.47. The molecule has 4 bridgehead atoms. The van der Waals surface area contributed by atoms with E-state index in [1.54, 1.807) is 0 Å². The van der Waals surface area contributed by atoms with Crippen molar-refractivity contribution in [3.05, 3.63) is 0 Å². The van der Waals surface area contributed by atoms with E-state index in [1.165, 1.54) is 32.1 Å². The first-order valence-corrected chi connectivity index (χ1v) is 6.91. The van der Waals surface area contributed by atoms with Gasteiger partial charge in [0.25, 0.3) is 0 Å². The zero-order chi connectivity index (χ0) is 12.2. The first-order valence-electron chi connectivity index (χ1n) is 6.91. The Morgan fingerprint density at radius 3 is 1.94 bits per heavy atom. The lowest BCUT2D eigenvalue weighted by Crippen LogP contribution is -2.64. The number of hydrogen-bond donors (Lipinski definition) is 1. The monoisotopic (exact) mass is 237 g/mol. The van der Waals surface area contributed by atoms with Gasteiger partial charge in [-0.15, -0.1) is 0 Å². The molecule has 3 heteroatoms. The highest BCUT2D eigenvalue weighted by molar-refractivity contribution is 5.68. The number of carbonyl (C=O) groups is 1. The molecule has 4 aliphatic carbocycles. The number of rotatable bonds is 3. The van der Waals surface area contributed by atoms with Gasteiger partial charge in [0.15, 0.2) is 0 Å². The zero-order valence-corrected chi connectivity index (χ0v) is 10.9. The number of carboxylic acid groups (broad SMARTS) is 1. The van der Waals surface area contributed by atoms with Crippen molar-refractivity contribution in [2.45, 2.75) is 44.1 Å². The van der Waals surface area contributed by atoms with Crippen molar-refractivity contribution in [1.29, 1.82) is 0 Å². The fourth-order valence-electron chi connectivity index (χ4n) is 5.42. The molecule has 0 aromatic rings. The van der Waals surface area contributed by atoms with Gasteiger partial charge in [-0.05, 0) is 69.9 Å². The highest BCUT2D eigenvalue weighted by Gasteiger charge is 2.58. The van der Waals surface area contributed by atoms with Crippen LogP contribution in [0.15, 0.2) is 0 Å². The topological polar surface area (TPSA) is 40.5 Å². The molecular formula is C14H23NO2. The molecule has 0 aromatic heterocycles. The summed E-state index contributed by atoms with van der Waals surface area (Å²) in [5.41, 5.74) is -0.0424. The summed E-state index contributed by atoms with van der Waals surface area (Å²) >= 11 is 0. The maximum atomic E-state index is 11.3. The summed E-state index contributed by atoms with van der Waals surface area (Å²) in [5, 5.41) is 9.29. The van der Waals surface area contributed by atoms with Crippen LogP contribution in [-0.4, -0.2) is 35.6 Å². The van der Waals surface area contributed by atoms with Crippen LogP contribution in [0.3, 0.4) is 0 Å². The SMILES string of the molecule is CN(C)C1(CC(=O)O)C2CC3CC(C2)CC1C3. The van der Waals surface area contributed by atoms with Gasteiger partial charge < -0.3 is 10.0 Å². The maximum absolute atomic E-state index is 11.3. The van der Waals surface area contributed by atoms with Crippen molar-refractivity contribution >= 4 is 5.97 Å². The van der Waals surface area contributed by atoms with Crippen LogP contribution in [0.2, 0.25) is 0 Å². The summed E-state index contributed by atoms with van der Waals surface area (Å²) < 4.78 is 0. The third kappa shape index (κ3) is 1.55. The molecule has 4 saturated carbocycles. The minimum Gasteiger partial charge on any atom is -0.481 e. The van der Waals surface area contributed by atoms with Crippen molar-refractivity contribution in [2.75, 3.05) is 14.1 Å². The predicted molar refractivity (Wildman–Crippen MR) is 65.7 cm³/mol. The first-order chi connectivity index (χ1) is 8.02. The second-order valence-corrected chi connectivity index (χ2v) is 6.76. The Labute approximate surface area is 103 Å². The van der Waals surface area contributed by atoms with Crippen molar-refractivity contribution in [2.24, 2.45) is 23.7 Å². The van der Waals surface area contributed by atoms with Crippen molar-refractivity contribution in [3.63, 3.8) is 0 Å². The molecule has 0 aliphatic heterocycles. The van der Waals surface area contributed by atoms with Crippen molar-refractivity contribution in [1.82, 2.24) is 4.90 Å². The number of hydrogen-bond acceptors (Lipinski definition) is 2. The third-order valence-corrected chi connectivity index (χ3v) is 5.82. The highest BCUT2D eigenvalue weighted by Crippen LogP contribution is 2.60. The Bertz CT molecular complexity index is 309. The Morgan fingerprint density at radius 1 is 1.12 bits per heavy atom. The number of carboxylic acids is 1. The van der Waals surface area contributed by atoms with Gasteiger partial charge in [0, 0.05) is 5.54 Å². The average molecular weight is 237 g/mol. The molecule has 4 fully saturated rings. The van der Waals surface area contributed by atoms with Crippen LogP contribution >= 0.6 is 0 Å². The molecule has 0 unspecified atom stereocenters. The second kappa shape index (κ2) is 3.71. The van der Waals surface area contributed by atoms with E-state index in [4.69, 9.17) is 0 Å². The van der Waals surface area contributed by atoms with Crippen LogP contribution < -0.4 is 0 Å². The van der Waals surface area contributed by atoms with Gasteiger partial charge in [-0.1, -0.05) is 0 Å². The third-order valence-electron chi connectivity index (χ3n) is 5.82. The highest BCUT2D eigenvalue weighted by atomic mass is 16.4. The van der Waals surface area contributed by atoms with Gasteiger partial charge in [0.1, 0.15) is 0 Å². The molecule has 0 atom stereocenters. The summed E-state index contributed by atoms with van der Waals surface area (Å²) in [7, 11) is 4.18. The van der Waals surface area contributed by atoms with E-state index in [-0.39, 0.29) is 5.54 Å². The van der Waals surface area contributed by atoms with E-state index >= 15 is 0 Å². The molecule has 96 valence electrons. The largest absolute Gasteiger partial charge is 0.481 e. The smallest absolute Gasteiger partial charge is 0.305 e. The summed E-state index contributed by atoms with van der Waals surface area (Å²) in [6.45, 7) is 0. The molecule has 4 aliphatic rings. The van der Waals surface area contributed by atoms with Gasteiger partial charge in [-0.25, -0.2) is 0 Å². The summed E-state index contributed by atoms with van der Waals surface area (Å²) in [6.07, 6.45) is 6.87. The van der Waals surface area contributed by atoms with E-state index in [9.17, 15) is 9.90 Å². The lowest BCUT2D eigenvalue weighted by molar-refractivity contribution is -0.157. The second-order valence-electron chi connectivity index (χ2n) is 6.76. The molecule has 0 heterocycles. The van der Waals surface area contributed by atoms with Gasteiger partial charge in [-0.2, -0.15) is 0 Å². The molecule has 0 radical (unpaired) electrons. The molecule has 3 nitrogen and oxygen atoms in total. The van der Waals surface area contributed by atoms with E-state index in [1.807, 2.05) is 0 Å². The minimum atomic E-state index is -0.619. The predicted octanol–water partition coefficient (Wildman–Crippen LogP) is 2.22. The van der Waals surface area contributed by atoms with Crippen LogP contribution in [0.1, 0.15) is 38.5 Å². The molecule has 1 N–H and O–H groups in total. The van der Waals surface area contributed by atoms with Crippen molar-refractivity contribution < 1.29 is 9.90 Å². The Kier molecular flexibility index (Phi) is 2.51. The Hall–Kier alpha value is -0.570. The van der Waals surface area contributed by atoms with E-state index in [0.29, 0.717) is 18.3 Å². The van der Waals surface area contributed by atoms with Crippen LogP contribution in [0.25, 0.3) is 0 Å². The van der Waals surface area contributed by atoms with Gasteiger partial charge >= 0.3 is 5.97 Å². The van der Waals surface area contributed by atoms with Crippen LogP contribution in [0.4, 0.5) is 0 Å². The molecule has 17 heavy (non-hydrogen) atoms. The Morgan fingerprint density at radius 2 is 1.59 bits per heavy atom. The number of aliphatic carboxylic acids is 1. The summed E-state index contributed by atoms with van der Waals surface area (Å²) in [4.78, 5) is 13.5. The molecule has 4 rings (SSSR count). The van der Waals surface area contributed by atoms with Crippen LogP contribution in [0.5, 0.6) is 0 Å². The van der Waals surface area contributed by atoms with E-state index in [2.05, 4.69) is 19.0 Å². The van der Waals surface area contributed by atoms with E-state index < -0.39 is 5.97 Å². The first kappa shape index (κ1) is 11.5. The zero-order valence-electron chi connectivity index (χ0n) is 10.9. The minimum absolute atomic E-state index is 0.0424. The number of nitrogens with zero attached hydrogens (tertiary/aromatic N) is 1. The Balaban J connectivity index is 1.95. The normalized spacial score (nSPS) is 47.7. The standard InChI is InChI=1S/C14H23NO2/c1-15(2)14(8-13(16)17)11-4-9-3-10(6-11)7-12(14)5-9/h9-12H,3-8H2,1-2H3,(H,16,17). The van der Waals surface area contributed by atoms with Crippen molar-refractivity contribution in [3.8, 4) is 0 Å². The molecular weight excluding hydrogens is 214 g/mol. The fourth-order valence-corrected chi connectivity index (χ4v) is 5.42. The van der Waals surface area contributed by atoms with Gasteiger partial charge in [0.2, 0.25) is 0 Å². The van der Waals surface area contributed by atoms with Gasteiger partial charge in [0.05, 0.1) is 6.42 Å². The quantitative estimate of drug-likeness (QED) is 0.818. The lowest BCUT2D eigenvalue weighted by Gasteiger charge is -2.63. The maximum Gasteiger partial charge on any atom is 0.305 e. The molecule has 0 spiro atoms. The fraction of sp³-hybridized carbons (Fsp3) is 0.929. The molecule has 0 aromatic carbocycles. The van der Waals surface area contributed by atoms with E-state index in [0.717, 1.165) is 11.8 Å². The molecule has 0 amide bonds. The molecule has 0 saturated heterocycles. The van der Waals surface area contributed by atoms with Gasteiger partial charge in [-0.3, -0.25) is 4.79 Å². The average Bonchev–Trinajstić information content (AvgIpc) is 2.21. The summed E-state index contributed by atoms with van der Waals surface area (Å²) in [5.74, 6) is 2.44. The summed E-state index contributed by atoms with van der Waals surface area (Å²) in [6, 6.07) is 0.